The van der Waals surface area contributed by atoms with E-state index in [2.05, 4.69) is 26.1 Å². The van der Waals surface area contributed by atoms with Gasteiger partial charge in [0.15, 0.2) is 5.78 Å². The second-order valence-corrected chi connectivity index (χ2v) is 18.6. The number of rotatable bonds is 25. The molecular weight excluding hydrogens is 847 g/mol. The van der Waals surface area contributed by atoms with E-state index in [4.69, 9.17) is 20.1 Å². The molecule has 63 heavy (non-hydrogen) atoms. The van der Waals surface area contributed by atoms with Gasteiger partial charge in [-0.05, 0) is 101 Å². The molecule has 2 heterocycles. The Morgan fingerprint density at radius 2 is 1.48 bits per heavy atom. The summed E-state index contributed by atoms with van der Waals surface area (Å²) in [6.07, 6.45) is 2.57. The average molecular weight is 916 g/mol. The van der Waals surface area contributed by atoms with E-state index in [0.717, 1.165) is 16.7 Å². The number of benzene rings is 2. The zero-order valence-corrected chi connectivity index (χ0v) is 39.4. The number of ether oxygens (including phenoxy) is 3. The molecule has 0 aliphatic carbocycles. The lowest BCUT2D eigenvalue weighted by atomic mass is 9.81. The fourth-order valence-corrected chi connectivity index (χ4v) is 8.52. The molecule has 15 nitrogen and oxygen atoms in total. The maximum Gasteiger partial charge on any atom is 0.328 e. The summed E-state index contributed by atoms with van der Waals surface area (Å²) in [5.74, 6) is 3.15. The normalized spacial score (nSPS) is 18.2. The molecule has 0 aromatic heterocycles. The molecule has 350 valence electrons. The third kappa shape index (κ3) is 20.9. The Hall–Kier alpha value is -4.16. The van der Waals surface area contributed by atoms with Crippen LogP contribution in [0.5, 0.6) is 5.75 Å². The monoisotopic (exact) mass is 915 g/mol. The van der Waals surface area contributed by atoms with Crippen LogP contribution in [0.4, 0.5) is 0 Å². The third-order valence-corrected chi connectivity index (χ3v) is 12.5. The van der Waals surface area contributed by atoms with Crippen molar-refractivity contribution in [3.8, 4) is 5.75 Å². The van der Waals surface area contributed by atoms with E-state index in [1.807, 2.05) is 90.1 Å². The van der Waals surface area contributed by atoms with E-state index >= 15 is 0 Å². The number of nitrogens with one attached hydrogen (secondary N) is 4. The number of Topliss-reactive ketones (excluding diaryl/α,β-unsaturated/α-hetero) is 1. The topological polar surface area (TPSA) is 213 Å². The van der Waals surface area contributed by atoms with Gasteiger partial charge in [-0.2, -0.15) is 5.90 Å². The van der Waals surface area contributed by atoms with Gasteiger partial charge in [-0.15, -0.1) is 23.5 Å². The number of nitrogens with two attached hydrogens (primary N) is 1. The van der Waals surface area contributed by atoms with Crippen molar-refractivity contribution in [1.29, 1.82) is 0 Å². The van der Waals surface area contributed by atoms with Crippen molar-refractivity contribution in [1.82, 2.24) is 21.3 Å². The van der Waals surface area contributed by atoms with Crippen LogP contribution in [0.2, 0.25) is 0 Å². The lowest BCUT2D eigenvalue weighted by Crippen LogP contribution is -2.48. The largest absolute Gasteiger partial charge is 0.494 e. The molecule has 4 rings (SSSR count). The molecule has 3 unspecified atom stereocenters. The third-order valence-electron chi connectivity index (χ3n) is 10.5. The fraction of sp³-hybridized carbons (Fsp3) is 0.609. The molecule has 0 spiro atoms. The second-order valence-electron chi connectivity index (χ2n) is 16.0. The highest BCUT2D eigenvalue weighted by molar-refractivity contribution is 8.00. The molecule has 2 aliphatic rings. The van der Waals surface area contributed by atoms with E-state index < -0.39 is 29.9 Å². The second kappa shape index (κ2) is 29.3. The van der Waals surface area contributed by atoms with Gasteiger partial charge in [0.1, 0.15) is 16.6 Å². The number of thioether (sulfide) groups is 2. The van der Waals surface area contributed by atoms with Crippen molar-refractivity contribution in [3.63, 3.8) is 0 Å². The molecule has 4 amide bonds. The van der Waals surface area contributed by atoms with Crippen molar-refractivity contribution in [3.05, 3.63) is 65.2 Å². The first kappa shape index (κ1) is 53.2. The molecule has 6 N–H and O–H groups in total. The molecule has 0 fully saturated rings. The number of ketones is 1. The summed E-state index contributed by atoms with van der Waals surface area (Å²) in [5, 5.41) is 11.8. The Balaban J connectivity index is 1.58. The Labute approximate surface area is 381 Å². The van der Waals surface area contributed by atoms with Crippen molar-refractivity contribution in [2.75, 3.05) is 37.9 Å². The van der Waals surface area contributed by atoms with Gasteiger partial charge < -0.3 is 40.3 Å². The maximum absolute atomic E-state index is 13.9. The van der Waals surface area contributed by atoms with E-state index in [1.165, 1.54) is 23.5 Å². The smallest absolute Gasteiger partial charge is 0.328 e. The van der Waals surface area contributed by atoms with Gasteiger partial charge in [0.05, 0.1) is 36.0 Å². The number of carbonyl (C=O) groups excluding carboxylic acids is 6. The summed E-state index contributed by atoms with van der Waals surface area (Å²) >= 11 is 2.75. The molecule has 2 aromatic carbocycles. The zero-order chi connectivity index (χ0) is 46.1. The molecule has 6 atom stereocenters. The van der Waals surface area contributed by atoms with E-state index in [-0.39, 0.29) is 90.1 Å². The first-order valence-corrected chi connectivity index (χ1v) is 24.1. The Bertz CT molecular complexity index is 1730. The van der Waals surface area contributed by atoms with E-state index in [0.29, 0.717) is 57.7 Å². The van der Waals surface area contributed by atoms with Crippen molar-refractivity contribution in [2.45, 2.75) is 122 Å². The summed E-state index contributed by atoms with van der Waals surface area (Å²) in [6, 6.07) is 13.8. The van der Waals surface area contributed by atoms with Crippen molar-refractivity contribution >= 4 is 58.9 Å². The van der Waals surface area contributed by atoms with Gasteiger partial charge in [0.25, 0.3) is 0 Å². The first-order valence-electron chi connectivity index (χ1n) is 22.0. The van der Waals surface area contributed by atoms with Gasteiger partial charge in [-0.3, -0.25) is 28.8 Å². The summed E-state index contributed by atoms with van der Waals surface area (Å²) in [5.41, 5.74) is 2.37. The average Bonchev–Trinajstić information content (AvgIpc) is 3.26. The predicted octanol–water partition coefficient (Wildman–Crippen LogP) is 5.01. The van der Waals surface area contributed by atoms with Crippen molar-refractivity contribution < 1.29 is 47.8 Å². The van der Waals surface area contributed by atoms with E-state index in [1.54, 1.807) is 0 Å². The highest BCUT2D eigenvalue weighted by atomic mass is 32.2. The van der Waals surface area contributed by atoms with Gasteiger partial charge >= 0.3 is 5.97 Å². The van der Waals surface area contributed by atoms with Crippen LogP contribution in [0.15, 0.2) is 48.5 Å². The van der Waals surface area contributed by atoms with Crippen LogP contribution in [0.25, 0.3) is 0 Å². The minimum Gasteiger partial charge on any atom is -0.494 e. The maximum atomic E-state index is 13.9. The van der Waals surface area contributed by atoms with Gasteiger partial charge in [-0.1, -0.05) is 50.2 Å². The predicted molar refractivity (Wildman–Crippen MR) is 246 cm³/mol. The van der Waals surface area contributed by atoms with Crippen LogP contribution in [0.1, 0.15) is 96.8 Å². The fourth-order valence-electron chi connectivity index (χ4n) is 7.10. The molecule has 0 radical (unpaired) electrons. The minimum atomic E-state index is -0.827. The summed E-state index contributed by atoms with van der Waals surface area (Å²) < 4.78 is 16.9. The number of hydrogen-bond donors (Lipinski definition) is 5. The van der Waals surface area contributed by atoms with Crippen LogP contribution in [-0.2, 0) is 62.5 Å². The highest BCUT2D eigenvalue weighted by Gasteiger charge is 2.37. The SMILES string of the molecule is CCOC(C)SCC(=O)NCC(CCC(=O)NCc1ccc(CCC(=O)[C@@H]2Cc3ccc(cc3)OCCC[C@H](C(=O)ON)[C@@H](CC(C)C)C(=O)N2)cc1)NC(=O)CSC(C)OCC. The molecule has 2 bridgehead atoms. The Morgan fingerprint density at radius 3 is 2.10 bits per heavy atom. The van der Waals surface area contributed by atoms with Crippen LogP contribution >= 0.6 is 23.5 Å². The van der Waals surface area contributed by atoms with Gasteiger partial charge in [0.2, 0.25) is 23.6 Å². The van der Waals surface area contributed by atoms with Gasteiger partial charge in [-0.25, -0.2) is 0 Å². The number of aryl methyl sites for hydroxylation is 1. The standard InChI is InChI=1S/C46H69N5O10S2/c1-7-58-31(5)62-28-43(54)49-27-36(50-44(55)29-63-32(6)59-8-2)18-22-42(53)48-26-35-13-11-33(12-14-35)17-21-41(52)40-25-34-15-19-37(20-16-34)60-23-9-10-38(46(57)61-47)39(24-30(3)4)45(56)51-40/h11-16,19-20,30-32,36,38-40H,7-10,17-18,21-29,47H2,1-6H3,(H,48,53)(H,49,54)(H,50,55)(H,51,56)/t31?,32?,36?,38-,39+,40-/m0/s1. The van der Waals surface area contributed by atoms with Crippen LogP contribution in [0.3, 0.4) is 0 Å². The van der Waals surface area contributed by atoms with Crippen molar-refractivity contribution in [2.24, 2.45) is 23.7 Å². The molecule has 0 saturated carbocycles. The Morgan fingerprint density at radius 1 is 0.841 bits per heavy atom. The zero-order valence-electron chi connectivity index (χ0n) is 37.7. The first-order chi connectivity index (χ1) is 30.2. The van der Waals surface area contributed by atoms with Crippen LogP contribution in [0, 0.1) is 17.8 Å². The highest BCUT2D eigenvalue weighted by Crippen LogP contribution is 2.28. The summed E-state index contributed by atoms with van der Waals surface area (Å²) in [7, 11) is 0. The molecule has 2 aliphatic heterocycles. The number of carbonyl (C=O) groups is 6. The van der Waals surface area contributed by atoms with Gasteiger partial charge in [0, 0.05) is 45.2 Å². The molecule has 2 aromatic rings. The number of amides is 4. The lowest BCUT2D eigenvalue weighted by molar-refractivity contribution is -0.154. The number of fused-ring (bicyclic) bond motifs is 11. The number of hydrogen-bond acceptors (Lipinski definition) is 13. The minimum absolute atomic E-state index is 0.0908. The molecule has 17 heteroatoms. The van der Waals surface area contributed by atoms with E-state index in [9.17, 15) is 28.8 Å². The summed E-state index contributed by atoms with van der Waals surface area (Å²) in [4.78, 5) is 83.5. The quantitative estimate of drug-likeness (QED) is 0.0656. The summed E-state index contributed by atoms with van der Waals surface area (Å²) in [6.45, 7) is 13.4. The molecular formula is C46H69N5O10S2. The Kier molecular flexibility index (Phi) is 24.7. The van der Waals surface area contributed by atoms with Crippen LogP contribution in [-0.4, -0.2) is 96.2 Å². The lowest BCUT2D eigenvalue weighted by Gasteiger charge is -2.28. The van der Waals surface area contributed by atoms with Crippen LogP contribution < -0.4 is 31.9 Å². The molecule has 0 saturated heterocycles.